The van der Waals surface area contributed by atoms with Crippen LogP contribution in [-0.4, -0.2) is 36.7 Å². The Balaban J connectivity index is 1.69. The first-order valence-electron chi connectivity index (χ1n) is 8.99. The van der Waals surface area contributed by atoms with Crippen molar-refractivity contribution in [3.63, 3.8) is 0 Å². The summed E-state index contributed by atoms with van der Waals surface area (Å²) < 4.78 is 29.7. The lowest BCUT2D eigenvalue weighted by molar-refractivity contribution is -0.119. The molecule has 0 fully saturated rings. The lowest BCUT2D eigenvalue weighted by atomic mass is 10.2. The molecule has 1 aromatic heterocycles. The largest absolute Gasteiger partial charge is 0.452 e. The van der Waals surface area contributed by atoms with Gasteiger partial charge in [-0.15, -0.1) is 0 Å². The first-order chi connectivity index (χ1) is 14.6. The second-order valence-electron chi connectivity index (χ2n) is 6.61. The molecule has 2 aromatic carbocycles. The van der Waals surface area contributed by atoms with Gasteiger partial charge in [0, 0.05) is 0 Å². The molecule has 31 heavy (non-hydrogen) atoms. The van der Waals surface area contributed by atoms with E-state index in [9.17, 15) is 18.0 Å². The molecule has 0 aliphatic rings. The van der Waals surface area contributed by atoms with E-state index in [-0.39, 0.29) is 10.6 Å². The SMILES string of the molecule is Cc1nn(-c2ccccc2)c(C)c1NC(=O)COC(=O)c1ccc(Cl)c(S(N)(=O)=O)c1. The number of ether oxygens (including phenoxy) is 1. The minimum absolute atomic E-state index is 0.106. The van der Waals surface area contributed by atoms with Crippen LogP contribution in [0.3, 0.4) is 0 Å². The molecule has 0 saturated heterocycles. The fourth-order valence-corrected chi connectivity index (χ4v) is 3.95. The first-order valence-corrected chi connectivity index (χ1v) is 10.9. The molecular weight excluding hydrogens is 444 g/mol. The number of nitrogens with zero attached hydrogens (tertiary/aromatic N) is 2. The molecule has 0 bridgehead atoms. The van der Waals surface area contributed by atoms with Gasteiger partial charge in [0.05, 0.1) is 33.3 Å². The molecule has 0 aliphatic heterocycles. The summed E-state index contributed by atoms with van der Waals surface area (Å²) in [6.07, 6.45) is 0. The van der Waals surface area contributed by atoms with Crippen molar-refractivity contribution in [2.75, 3.05) is 11.9 Å². The number of aryl methyl sites for hydroxylation is 1. The smallest absolute Gasteiger partial charge is 0.338 e. The topological polar surface area (TPSA) is 133 Å². The van der Waals surface area contributed by atoms with Crippen LogP contribution in [-0.2, 0) is 19.6 Å². The van der Waals surface area contributed by atoms with E-state index in [0.29, 0.717) is 17.1 Å². The molecule has 11 heteroatoms. The number of anilines is 1. The zero-order chi connectivity index (χ0) is 22.8. The lowest BCUT2D eigenvalue weighted by Gasteiger charge is -2.09. The molecule has 1 heterocycles. The monoisotopic (exact) mass is 462 g/mol. The van der Waals surface area contributed by atoms with Crippen molar-refractivity contribution in [2.45, 2.75) is 18.7 Å². The van der Waals surface area contributed by atoms with Gasteiger partial charge < -0.3 is 10.1 Å². The number of hydrogen-bond donors (Lipinski definition) is 2. The van der Waals surface area contributed by atoms with E-state index in [1.165, 1.54) is 12.1 Å². The number of rotatable bonds is 6. The summed E-state index contributed by atoms with van der Waals surface area (Å²) in [4.78, 5) is 24.1. The van der Waals surface area contributed by atoms with Crippen molar-refractivity contribution in [1.29, 1.82) is 0 Å². The van der Waals surface area contributed by atoms with Gasteiger partial charge in [0.25, 0.3) is 5.91 Å². The Morgan fingerprint density at radius 3 is 2.48 bits per heavy atom. The van der Waals surface area contributed by atoms with E-state index in [4.69, 9.17) is 21.5 Å². The number of primary sulfonamides is 1. The molecule has 0 saturated carbocycles. The summed E-state index contributed by atoms with van der Waals surface area (Å²) in [6.45, 7) is 2.97. The van der Waals surface area contributed by atoms with Gasteiger partial charge in [-0.1, -0.05) is 29.8 Å². The zero-order valence-electron chi connectivity index (χ0n) is 16.6. The summed E-state index contributed by atoms with van der Waals surface area (Å²) in [5, 5.41) is 12.1. The summed E-state index contributed by atoms with van der Waals surface area (Å²) >= 11 is 5.80. The molecule has 162 valence electrons. The highest BCUT2D eigenvalue weighted by atomic mass is 35.5. The van der Waals surface area contributed by atoms with Crippen molar-refractivity contribution >= 4 is 39.2 Å². The number of halogens is 1. The molecule has 1 amide bonds. The lowest BCUT2D eigenvalue weighted by Crippen LogP contribution is -2.22. The van der Waals surface area contributed by atoms with E-state index >= 15 is 0 Å². The van der Waals surface area contributed by atoms with E-state index in [2.05, 4.69) is 10.4 Å². The maximum Gasteiger partial charge on any atom is 0.338 e. The molecule has 9 nitrogen and oxygen atoms in total. The third kappa shape index (κ3) is 5.10. The van der Waals surface area contributed by atoms with Crippen molar-refractivity contribution in [1.82, 2.24) is 9.78 Å². The van der Waals surface area contributed by atoms with Crippen molar-refractivity contribution < 1.29 is 22.7 Å². The predicted molar refractivity (Wildman–Crippen MR) is 115 cm³/mol. The highest BCUT2D eigenvalue weighted by Gasteiger charge is 2.19. The number of sulfonamides is 1. The summed E-state index contributed by atoms with van der Waals surface area (Å²) in [7, 11) is -4.12. The van der Waals surface area contributed by atoms with E-state index in [0.717, 1.165) is 11.8 Å². The average Bonchev–Trinajstić information content (AvgIpc) is 3.00. The van der Waals surface area contributed by atoms with Crippen LogP contribution in [0.5, 0.6) is 0 Å². The third-order valence-electron chi connectivity index (χ3n) is 4.36. The van der Waals surface area contributed by atoms with E-state index < -0.39 is 33.4 Å². The van der Waals surface area contributed by atoms with Crippen LogP contribution in [0.2, 0.25) is 5.02 Å². The molecule has 0 spiro atoms. The van der Waals surface area contributed by atoms with Gasteiger partial charge in [0.1, 0.15) is 4.90 Å². The Bertz CT molecular complexity index is 1260. The Morgan fingerprint density at radius 2 is 1.84 bits per heavy atom. The molecule has 3 rings (SSSR count). The minimum Gasteiger partial charge on any atom is -0.452 e. The average molecular weight is 463 g/mol. The number of para-hydroxylation sites is 1. The quantitative estimate of drug-likeness (QED) is 0.541. The molecule has 0 radical (unpaired) electrons. The highest BCUT2D eigenvalue weighted by molar-refractivity contribution is 7.89. The molecular formula is C20H19ClN4O5S. The molecule has 0 unspecified atom stereocenters. The fraction of sp³-hybridized carbons (Fsp3) is 0.150. The van der Waals surface area contributed by atoms with Gasteiger partial charge in [0.15, 0.2) is 6.61 Å². The van der Waals surface area contributed by atoms with Gasteiger partial charge in [-0.25, -0.2) is 23.0 Å². The van der Waals surface area contributed by atoms with Gasteiger partial charge in [-0.05, 0) is 44.2 Å². The van der Waals surface area contributed by atoms with Gasteiger partial charge in [0.2, 0.25) is 10.0 Å². The van der Waals surface area contributed by atoms with Crippen LogP contribution in [0.25, 0.3) is 5.69 Å². The first kappa shape index (κ1) is 22.5. The second-order valence-corrected chi connectivity index (χ2v) is 8.54. The van der Waals surface area contributed by atoms with Crippen LogP contribution < -0.4 is 10.5 Å². The number of carbonyl (C=O) groups is 2. The van der Waals surface area contributed by atoms with Crippen molar-refractivity contribution in [3.05, 3.63) is 70.5 Å². The second kappa shape index (κ2) is 8.88. The zero-order valence-corrected chi connectivity index (χ0v) is 18.2. The van der Waals surface area contributed by atoms with Crippen molar-refractivity contribution in [2.24, 2.45) is 5.14 Å². The molecule has 0 aliphatic carbocycles. The minimum atomic E-state index is -4.12. The number of aromatic nitrogens is 2. The number of benzene rings is 2. The van der Waals surface area contributed by atoms with Gasteiger partial charge >= 0.3 is 5.97 Å². The van der Waals surface area contributed by atoms with Crippen LogP contribution in [0.4, 0.5) is 5.69 Å². The molecule has 3 N–H and O–H groups in total. The van der Waals surface area contributed by atoms with E-state index in [1.807, 2.05) is 30.3 Å². The summed E-state index contributed by atoms with van der Waals surface area (Å²) in [5.41, 5.74) is 2.54. The number of nitrogens with two attached hydrogens (primary N) is 1. The van der Waals surface area contributed by atoms with Crippen molar-refractivity contribution in [3.8, 4) is 5.69 Å². The number of nitrogens with one attached hydrogen (secondary N) is 1. The van der Waals surface area contributed by atoms with Gasteiger partial charge in [-0.3, -0.25) is 4.79 Å². The van der Waals surface area contributed by atoms with Crippen LogP contribution in [0.15, 0.2) is 53.4 Å². The van der Waals surface area contributed by atoms with Crippen LogP contribution in [0, 0.1) is 13.8 Å². The highest BCUT2D eigenvalue weighted by Crippen LogP contribution is 2.23. The van der Waals surface area contributed by atoms with Crippen LogP contribution >= 0.6 is 11.6 Å². The Morgan fingerprint density at radius 1 is 1.16 bits per heavy atom. The Hall–Kier alpha value is -3.21. The number of carbonyl (C=O) groups excluding carboxylic acids is 2. The number of esters is 1. The standard InChI is InChI=1S/C20H19ClN4O5S/c1-12-19(13(2)25(24-12)15-6-4-3-5-7-15)23-18(26)11-30-20(27)14-8-9-16(21)17(10-14)31(22,28)29/h3-10H,11H2,1-2H3,(H,23,26)(H2,22,28,29). The number of hydrogen-bond acceptors (Lipinski definition) is 6. The Kier molecular flexibility index (Phi) is 6.44. The van der Waals surface area contributed by atoms with Crippen LogP contribution in [0.1, 0.15) is 21.7 Å². The number of amides is 1. The summed E-state index contributed by atoms with van der Waals surface area (Å²) in [6, 6.07) is 12.9. The summed E-state index contributed by atoms with van der Waals surface area (Å²) in [5.74, 6) is -1.47. The maximum atomic E-state index is 12.3. The third-order valence-corrected chi connectivity index (χ3v) is 5.76. The maximum absolute atomic E-state index is 12.3. The molecule has 0 atom stereocenters. The predicted octanol–water partition coefficient (Wildman–Crippen LogP) is 2.59. The Labute approximate surface area is 183 Å². The molecule has 3 aromatic rings. The normalized spacial score (nSPS) is 11.2. The van der Waals surface area contributed by atoms with E-state index in [1.54, 1.807) is 18.5 Å². The van der Waals surface area contributed by atoms with Gasteiger partial charge in [-0.2, -0.15) is 5.10 Å². The fourth-order valence-electron chi connectivity index (χ4n) is 2.88.